The number of amides is 1. The molecule has 2 atom stereocenters. The standard InChI is InChI=1S/C19H31N5O2S.2ClH/c20-16-2-1-15(13-24(14-16)17-3-10-26-11-4-17)18(25)22-6-8-23(9-7-22)19-21-5-12-27-19;;/h5,12,15-17H,1-4,6-11,13-14,20H2;2*1H/t15-,16+;;/m1../s1. The lowest BCUT2D eigenvalue weighted by atomic mass is 9.99. The average Bonchev–Trinajstić information content (AvgIpc) is 3.18. The van der Waals surface area contributed by atoms with Gasteiger partial charge in [0, 0.05) is 76.1 Å². The van der Waals surface area contributed by atoms with Crippen molar-refractivity contribution in [3.63, 3.8) is 0 Å². The molecule has 3 aliphatic rings. The molecule has 29 heavy (non-hydrogen) atoms. The Bertz CT molecular complexity index is 610. The molecule has 3 aliphatic heterocycles. The Labute approximate surface area is 189 Å². The molecule has 4 heterocycles. The monoisotopic (exact) mass is 465 g/mol. The van der Waals surface area contributed by atoms with Crippen molar-refractivity contribution in [2.24, 2.45) is 11.7 Å². The number of anilines is 1. The van der Waals surface area contributed by atoms with E-state index in [9.17, 15) is 4.79 Å². The van der Waals surface area contributed by atoms with Crippen LogP contribution in [0.15, 0.2) is 11.6 Å². The largest absolute Gasteiger partial charge is 0.381 e. The van der Waals surface area contributed by atoms with Crippen LogP contribution in [0.25, 0.3) is 0 Å². The molecule has 3 fully saturated rings. The number of likely N-dealkylation sites (tertiary alicyclic amines) is 1. The summed E-state index contributed by atoms with van der Waals surface area (Å²) in [7, 11) is 0. The molecule has 0 radical (unpaired) electrons. The predicted molar refractivity (Wildman–Crippen MR) is 122 cm³/mol. The molecular formula is C19H33Cl2N5O2S. The number of rotatable bonds is 3. The van der Waals surface area contributed by atoms with E-state index in [0.29, 0.717) is 11.9 Å². The summed E-state index contributed by atoms with van der Waals surface area (Å²) in [4.78, 5) is 24.5. The number of aromatic nitrogens is 1. The SMILES string of the molecule is Cl.Cl.N[C@H]1CC[C@@H](C(=O)N2CCN(c3nccs3)CC2)CN(C2CCOCC2)C1. The fourth-order valence-electron chi connectivity index (χ4n) is 4.56. The second-order valence-electron chi connectivity index (χ2n) is 7.96. The van der Waals surface area contributed by atoms with Crippen LogP contribution in [0.1, 0.15) is 25.7 Å². The first kappa shape index (κ1) is 24.6. The summed E-state index contributed by atoms with van der Waals surface area (Å²) in [5.41, 5.74) is 6.33. The number of nitrogens with two attached hydrogens (primary N) is 1. The third-order valence-electron chi connectivity index (χ3n) is 6.15. The van der Waals surface area contributed by atoms with Gasteiger partial charge in [0.05, 0.1) is 5.92 Å². The van der Waals surface area contributed by atoms with Gasteiger partial charge in [0.25, 0.3) is 0 Å². The van der Waals surface area contributed by atoms with E-state index in [-0.39, 0.29) is 36.8 Å². The van der Waals surface area contributed by atoms with Crippen molar-refractivity contribution in [3.05, 3.63) is 11.6 Å². The van der Waals surface area contributed by atoms with Gasteiger partial charge in [0.15, 0.2) is 5.13 Å². The predicted octanol–water partition coefficient (Wildman–Crippen LogP) is 1.85. The van der Waals surface area contributed by atoms with Crippen LogP contribution >= 0.6 is 36.2 Å². The molecule has 1 amide bonds. The molecule has 0 unspecified atom stereocenters. The van der Waals surface area contributed by atoms with Crippen LogP contribution in [0.2, 0.25) is 0 Å². The minimum absolute atomic E-state index is 0. The summed E-state index contributed by atoms with van der Waals surface area (Å²) in [5, 5.41) is 3.07. The molecule has 0 aromatic carbocycles. The number of thiazole rings is 1. The van der Waals surface area contributed by atoms with Gasteiger partial charge in [0.1, 0.15) is 0 Å². The van der Waals surface area contributed by atoms with E-state index >= 15 is 0 Å². The molecule has 2 N–H and O–H groups in total. The fourth-order valence-corrected chi connectivity index (χ4v) is 5.25. The van der Waals surface area contributed by atoms with Gasteiger partial charge in [-0.05, 0) is 25.7 Å². The summed E-state index contributed by atoms with van der Waals surface area (Å²) >= 11 is 1.67. The second kappa shape index (κ2) is 11.7. The van der Waals surface area contributed by atoms with Gasteiger partial charge in [-0.3, -0.25) is 9.69 Å². The Morgan fingerprint density at radius 1 is 1.07 bits per heavy atom. The van der Waals surface area contributed by atoms with E-state index in [2.05, 4.69) is 19.7 Å². The third-order valence-corrected chi connectivity index (χ3v) is 6.98. The van der Waals surface area contributed by atoms with Crippen molar-refractivity contribution >= 4 is 47.2 Å². The minimum atomic E-state index is 0. The van der Waals surface area contributed by atoms with Crippen molar-refractivity contribution in [2.45, 2.75) is 37.8 Å². The number of piperazine rings is 1. The van der Waals surface area contributed by atoms with Gasteiger partial charge in [0.2, 0.25) is 5.91 Å². The molecular weight excluding hydrogens is 433 g/mol. The number of carbonyl (C=O) groups is 1. The Morgan fingerprint density at radius 2 is 1.79 bits per heavy atom. The molecule has 0 bridgehead atoms. The van der Waals surface area contributed by atoms with Gasteiger partial charge in [-0.2, -0.15) is 0 Å². The highest BCUT2D eigenvalue weighted by Gasteiger charge is 2.34. The molecule has 1 aromatic heterocycles. The molecule has 1 aromatic rings. The van der Waals surface area contributed by atoms with Crippen molar-refractivity contribution in [2.75, 3.05) is 57.4 Å². The second-order valence-corrected chi connectivity index (χ2v) is 8.83. The van der Waals surface area contributed by atoms with Crippen LogP contribution in [0, 0.1) is 5.92 Å². The normalized spacial score (nSPS) is 26.9. The quantitative estimate of drug-likeness (QED) is 0.733. The van der Waals surface area contributed by atoms with Crippen molar-refractivity contribution in [1.29, 1.82) is 0 Å². The zero-order valence-corrected chi connectivity index (χ0v) is 19.2. The van der Waals surface area contributed by atoms with Gasteiger partial charge < -0.3 is 20.3 Å². The van der Waals surface area contributed by atoms with E-state index in [4.69, 9.17) is 10.5 Å². The van der Waals surface area contributed by atoms with Gasteiger partial charge >= 0.3 is 0 Å². The molecule has 3 saturated heterocycles. The number of ether oxygens (including phenoxy) is 1. The summed E-state index contributed by atoms with van der Waals surface area (Å²) in [5.74, 6) is 0.396. The zero-order chi connectivity index (χ0) is 18.6. The van der Waals surface area contributed by atoms with Crippen LogP contribution in [0.5, 0.6) is 0 Å². The number of carbonyl (C=O) groups excluding carboxylic acids is 1. The summed E-state index contributed by atoms with van der Waals surface area (Å²) in [6.45, 7) is 6.73. The van der Waals surface area contributed by atoms with E-state index in [1.807, 2.05) is 11.6 Å². The van der Waals surface area contributed by atoms with Gasteiger partial charge in [-0.1, -0.05) is 0 Å². The maximum atomic E-state index is 13.2. The molecule has 7 nitrogen and oxygen atoms in total. The van der Waals surface area contributed by atoms with Crippen LogP contribution in [0.4, 0.5) is 5.13 Å². The van der Waals surface area contributed by atoms with Crippen LogP contribution in [0.3, 0.4) is 0 Å². The van der Waals surface area contributed by atoms with E-state index in [0.717, 1.165) is 83.3 Å². The minimum Gasteiger partial charge on any atom is -0.381 e. The van der Waals surface area contributed by atoms with Crippen molar-refractivity contribution < 1.29 is 9.53 Å². The fraction of sp³-hybridized carbons (Fsp3) is 0.789. The Hall–Kier alpha value is -0.640. The molecule has 0 spiro atoms. The van der Waals surface area contributed by atoms with Gasteiger partial charge in [-0.15, -0.1) is 36.2 Å². The van der Waals surface area contributed by atoms with Crippen molar-refractivity contribution in [1.82, 2.24) is 14.8 Å². The first-order chi connectivity index (χ1) is 13.2. The Balaban J connectivity index is 0.00000150. The third kappa shape index (κ3) is 6.18. The van der Waals surface area contributed by atoms with E-state index in [1.165, 1.54) is 0 Å². The highest BCUT2D eigenvalue weighted by atomic mass is 35.5. The lowest BCUT2D eigenvalue weighted by molar-refractivity contribution is -0.136. The number of hydrogen-bond acceptors (Lipinski definition) is 7. The number of halogens is 2. The number of nitrogens with zero attached hydrogens (tertiary/aromatic N) is 4. The average molecular weight is 466 g/mol. The van der Waals surface area contributed by atoms with E-state index < -0.39 is 0 Å². The maximum absolute atomic E-state index is 13.2. The summed E-state index contributed by atoms with van der Waals surface area (Å²) in [6.07, 6.45) is 5.80. The molecule has 4 rings (SSSR count). The van der Waals surface area contributed by atoms with Gasteiger partial charge in [-0.25, -0.2) is 4.98 Å². The summed E-state index contributed by atoms with van der Waals surface area (Å²) in [6, 6.07) is 0.687. The zero-order valence-electron chi connectivity index (χ0n) is 16.8. The molecule has 0 saturated carbocycles. The van der Waals surface area contributed by atoms with E-state index in [1.54, 1.807) is 11.3 Å². The highest BCUT2D eigenvalue weighted by Crippen LogP contribution is 2.25. The van der Waals surface area contributed by atoms with Crippen LogP contribution in [-0.4, -0.2) is 85.3 Å². The molecule has 0 aliphatic carbocycles. The highest BCUT2D eigenvalue weighted by molar-refractivity contribution is 7.13. The first-order valence-electron chi connectivity index (χ1n) is 10.2. The first-order valence-corrected chi connectivity index (χ1v) is 11.1. The Kier molecular flexibility index (Phi) is 9.91. The molecule has 10 heteroatoms. The summed E-state index contributed by atoms with van der Waals surface area (Å²) < 4.78 is 5.52. The lowest BCUT2D eigenvalue weighted by Gasteiger charge is -2.38. The lowest BCUT2D eigenvalue weighted by Crippen LogP contribution is -2.52. The molecule has 166 valence electrons. The van der Waals surface area contributed by atoms with Crippen LogP contribution in [-0.2, 0) is 9.53 Å². The van der Waals surface area contributed by atoms with Crippen LogP contribution < -0.4 is 10.6 Å². The Morgan fingerprint density at radius 3 is 2.45 bits per heavy atom. The topological polar surface area (TPSA) is 74.9 Å². The number of hydrogen-bond donors (Lipinski definition) is 1. The maximum Gasteiger partial charge on any atom is 0.227 e. The van der Waals surface area contributed by atoms with Crippen molar-refractivity contribution in [3.8, 4) is 0 Å². The smallest absolute Gasteiger partial charge is 0.227 e.